The summed E-state index contributed by atoms with van der Waals surface area (Å²) in [4.78, 5) is 6.98. The predicted octanol–water partition coefficient (Wildman–Crippen LogP) is 10.1. The molecule has 3 aromatic carbocycles. The summed E-state index contributed by atoms with van der Waals surface area (Å²) < 4.78 is 15.0. The Balaban J connectivity index is 0.00000468. The van der Waals surface area contributed by atoms with Crippen molar-refractivity contribution < 1.29 is 4.39 Å². The van der Waals surface area contributed by atoms with Gasteiger partial charge in [0, 0.05) is 63.6 Å². The van der Waals surface area contributed by atoms with E-state index in [9.17, 15) is 9.65 Å². The second-order valence-electron chi connectivity index (χ2n) is 12.9. The highest BCUT2D eigenvalue weighted by molar-refractivity contribution is 7.17. The Morgan fingerprint density at radius 1 is 1.06 bits per heavy atom. The van der Waals surface area contributed by atoms with Gasteiger partial charge in [-0.05, 0) is 98.5 Å². The zero-order valence-corrected chi connectivity index (χ0v) is 30.5. The van der Waals surface area contributed by atoms with Gasteiger partial charge in [0.2, 0.25) is 0 Å². The molecule has 0 aliphatic carbocycles. The van der Waals surface area contributed by atoms with Crippen LogP contribution in [0.3, 0.4) is 0 Å². The number of aromatic nitrogens is 1. The second kappa shape index (κ2) is 15.0. The zero-order valence-electron chi connectivity index (χ0n) is 27.4. The molecule has 1 aliphatic rings. The highest BCUT2D eigenvalue weighted by Gasteiger charge is 2.27. The maximum absolute atomic E-state index is 13.9. The van der Waals surface area contributed by atoms with E-state index in [1.54, 1.807) is 23.5 Å². The van der Waals surface area contributed by atoms with Gasteiger partial charge in [-0.1, -0.05) is 34.8 Å². The zero-order chi connectivity index (χ0) is 34.2. The van der Waals surface area contributed by atoms with E-state index in [1.165, 1.54) is 18.3 Å². The Morgan fingerprint density at radius 2 is 1.80 bits per heavy atom. The van der Waals surface area contributed by atoms with Crippen molar-refractivity contribution in [1.29, 1.82) is 5.26 Å². The molecule has 8 N–H and O–H groups in total. The standard InChI is InChI=1S/C36H35Cl3FN7S.H3N/c1-36(2,3)47-10-8-22(9-11-47)43-18-31(42)35(27-19-48-32-7-4-21(37)12-25(27)32)46-24-13-26-33(45-23-5-6-30(40)28(38)14-23)20(16-41)17-44-34(26)29(39)15-24;/h4-7,12-15,17-19,22,35,43,46H,8-11,42H2,1-3H3,(H,44,45);1H3/b31-18-;/t35-;/m0./s1. The van der Waals surface area contributed by atoms with Crippen LogP contribution in [0.25, 0.3) is 21.0 Å². The molecule has 0 amide bonds. The summed E-state index contributed by atoms with van der Waals surface area (Å²) in [6, 6.07) is 15.8. The lowest BCUT2D eigenvalue weighted by atomic mass is 9.98. The number of hydrogen-bond acceptors (Lipinski definition) is 9. The van der Waals surface area contributed by atoms with E-state index in [4.69, 9.17) is 40.5 Å². The predicted molar refractivity (Wildman–Crippen MR) is 204 cm³/mol. The quantitative estimate of drug-likeness (QED) is 0.106. The van der Waals surface area contributed by atoms with Crippen molar-refractivity contribution in [2.24, 2.45) is 5.73 Å². The summed E-state index contributed by atoms with van der Waals surface area (Å²) in [5.74, 6) is -0.541. The van der Waals surface area contributed by atoms with Crippen LogP contribution in [0.2, 0.25) is 15.1 Å². The second-order valence-corrected chi connectivity index (χ2v) is 15.1. The Morgan fingerprint density at radius 3 is 2.49 bits per heavy atom. The number of fused-ring (bicyclic) bond motifs is 2. The third kappa shape index (κ3) is 7.99. The molecule has 3 heterocycles. The minimum atomic E-state index is -0.541. The maximum Gasteiger partial charge on any atom is 0.141 e. The summed E-state index contributed by atoms with van der Waals surface area (Å²) in [5, 5.41) is 25.0. The number of pyridine rings is 1. The number of benzene rings is 3. The van der Waals surface area contributed by atoms with Gasteiger partial charge >= 0.3 is 0 Å². The first-order chi connectivity index (χ1) is 22.9. The van der Waals surface area contributed by atoms with Gasteiger partial charge in [0.05, 0.1) is 38.6 Å². The van der Waals surface area contributed by atoms with Crippen LogP contribution >= 0.6 is 46.1 Å². The molecule has 1 aliphatic heterocycles. The number of anilines is 3. The van der Waals surface area contributed by atoms with Crippen LogP contribution < -0.4 is 27.8 Å². The summed E-state index contributed by atoms with van der Waals surface area (Å²) in [6.45, 7) is 8.78. The Hall–Kier alpha value is -3.82. The summed E-state index contributed by atoms with van der Waals surface area (Å²) >= 11 is 20.9. The van der Waals surface area contributed by atoms with Crippen LogP contribution in [0.1, 0.15) is 50.8 Å². The average molecular weight is 740 g/mol. The lowest BCUT2D eigenvalue weighted by molar-refractivity contribution is 0.0988. The molecule has 0 unspecified atom stereocenters. The molecular weight excluding hydrogens is 702 g/mol. The van der Waals surface area contributed by atoms with Crippen molar-refractivity contribution in [3.05, 3.63) is 104 Å². The number of rotatable bonds is 8. The van der Waals surface area contributed by atoms with E-state index < -0.39 is 11.9 Å². The number of nitrogens with one attached hydrogen (secondary N) is 3. The number of thiophene rings is 1. The van der Waals surface area contributed by atoms with E-state index in [0.717, 1.165) is 41.6 Å². The molecule has 8 nitrogen and oxygen atoms in total. The third-order valence-corrected chi connectivity index (χ3v) is 10.5. The molecular formula is C36H38Cl3FN8S. The van der Waals surface area contributed by atoms with Crippen LogP contribution in [-0.4, -0.2) is 34.6 Å². The first-order valence-corrected chi connectivity index (χ1v) is 17.6. The van der Waals surface area contributed by atoms with Crippen LogP contribution in [0.4, 0.5) is 21.5 Å². The van der Waals surface area contributed by atoms with Crippen molar-refractivity contribution in [3.63, 3.8) is 0 Å². The van der Waals surface area contributed by atoms with Gasteiger partial charge in [-0.15, -0.1) is 11.3 Å². The topological polar surface area (TPSA) is 137 Å². The maximum atomic E-state index is 13.9. The monoisotopic (exact) mass is 738 g/mol. The first kappa shape index (κ1) is 36.5. The fourth-order valence-electron chi connectivity index (χ4n) is 6.05. The number of halogens is 4. The SMILES string of the molecule is CC(C)(C)N1CCC(N/C=C(\N)[C@@H](Nc2cc(Cl)c3ncc(C#N)c(Nc4ccc(F)c(Cl)c4)c3c2)c2csc3ccc(Cl)cc23)CC1.N. The Labute approximate surface area is 304 Å². The number of nitrogens with zero attached hydrogens (tertiary/aromatic N) is 3. The van der Waals surface area contributed by atoms with E-state index in [1.807, 2.05) is 30.5 Å². The Kier molecular flexibility index (Phi) is 11.1. The lowest BCUT2D eigenvalue weighted by Crippen LogP contribution is -2.49. The van der Waals surface area contributed by atoms with Crippen LogP contribution in [0.15, 0.2) is 72.0 Å². The van der Waals surface area contributed by atoms with Gasteiger partial charge in [-0.25, -0.2) is 4.39 Å². The molecule has 5 aromatic rings. The van der Waals surface area contributed by atoms with Gasteiger partial charge in [0.15, 0.2) is 0 Å². The summed E-state index contributed by atoms with van der Waals surface area (Å²) in [6.07, 6.45) is 5.39. The van der Waals surface area contributed by atoms with E-state index in [-0.39, 0.29) is 22.3 Å². The number of piperidine rings is 1. The van der Waals surface area contributed by atoms with Crippen molar-refractivity contribution in [2.45, 2.75) is 51.2 Å². The third-order valence-electron chi connectivity index (χ3n) is 8.68. The average Bonchev–Trinajstić information content (AvgIpc) is 3.47. The fourth-order valence-corrected chi connectivity index (χ4v) is 7.63. The van der Waals surface area contributed by atoms with Crippen LogP contribution in [0.5, 0.6) is 0 Å². The van der Waals surface area contributed by atoms with E-state index in [0.29, 0.717) is 49.7 Å². The van der Waals surface area contributed by atoms with Gasteiger partial charge in [0.25, 0.3) is 0 Å². The summed E-state index contributed by atoms with van der Waals surface area (Å²) in [7, 11) is 0. The molecule has 2 aromatic heterocycles. The Bertz CT molecular complexity index is 2060. The molecule has 13 heteroatoms. The molecule has 0 spiro atoms. The minimum Gasteiger partial charge on any atom is -0.399 e. The van der Waals surface area contributed by atoms with Gasteiger partial charge in [-0.2, -0.15) is 5.26 Å². The molecule has 49 heavy (non-hydrogen) atoms. The minimum absolute atomic E-state index is 0. The smallest absolute Gasteiger partial charge is 0.141 e. The lowest BCUT2D eigenvalue weighted by Gasteiger charge is -2.41. The summed E-state index contributed by atoms with van der Waals surface area (Å²) in [5.41, 5.74) is 11.0. The highest BCUT2D eigenvalue weighted by atomic mass is 35.5. The fraction of sp³-hybridized carbons (Fsp3) is 0.278. The van der Waals surface area contributed by atoms with Crippen molar-refractivity contribution in [2.75, 3.05) is 23.7 Å². The molecule has 0 radical (unpaired) electrons. The molecule has 0 bridgehead atoms. The number of nitriles is 1. The van der Waals surface area contributed by atoms with Crippen molar-refractivity contribution in [3.8, 4) is 6.07 Å². The molecule has 6 rings (SSSR count). The van der Waals surface area contributed by atoms with Gasteiger partial charge in [-0.3, -0.25) is 9.88 Å². The number of nitrogens with two attached hydrogens (primary N) is 1. The molecule has 1 fully saturated rings. The van der Waals surface area contributed by atoms with Crippen molar-refractivity contribution >= 4 is 84.2 Å². The van der Waals surface area contributed by atoms with E-state index in [2.05, 4.69) is 58.1 Å². The molecule has 256 valence electrons. The van der Waals surface area contributed by atoms with Crippen LogP contribution in [-0.2, 0) is 0 Å². The van der Waals surface area contributed by atoms with Crippen LogP contribution in [0, 0.1) is 17.1 Å². The highest BCUT2D eigenvalue weighted by Crippen LogP contribution is 2.39. The normalized spacial score (nSPS) is 15.1. The first-order valence-electron chi connectivity index (χ1n) is 15.6. The van der Waals surface area contributed by atoms with E-state index >= 15 is 0 Å². The number of hydrogen-bond donors (Lipinski definition) is 5. The molecule has 1 atom stereocenters. The number of likely N-dealkylation sites (tertiary alicyclic amines) is 1. The molecule has 1 saturated heterocycles. The van der Waals surface area contributed by atoms with Gasteiger partial charge in [0.1, 0.15) is 11.9 Å². The van der Waals surface area contributed by atoms with Crippen molar-refractivity contribution in [1.82, 2.24) is 21.4 Å². The largest absolute Gasteiger partial charge is 0.399 e. The van der Waals surface area contributed by atoms with Gasteiger partial charge < -0.3 is 27.8 Å². The molecule has 0 saturated carbocycles.